The molecule has 2 heteroatoms. The van der Waals surface area contributed by atoms with Crippen LogP contribution in [0.15, 0.2) is 0 Å². The second-order valence-corrected chi connectivity index (χ2v) is 3.32. The molecule has 1 nitrogen and oxygen atoms in total. The maximum Gasteiger partial charge on any atom is 0.0781 e. The van der Waals surface area contributed by atoms with Crippen molar-refractivity contribution in [3.63, 3.8) is 0 Å². The summed E-state index contributed by atoms with van der Waals surface area (Å²) >= 11 is 0. The first-order valence-electron chi connectivity index (χ1n) is 2.55. The van der Waals surface area contributed by atoms with E-state index in [1.165, 1.54) is 6.04 Å². The molecule has 1 fully saturated rings. The SMILES string of the molecule is C[SiH2]CC1CO1. The lowest BCUT2D eigenvalue weighted by molar-refractivity contribution is 0.423. The first-order chi connectivity index (χ1) is 2.93. The fourth-order valence-electron chi connectivity index (χ4n) is 0.557. The molecule has 36 valence electrons. The van der Waals surface area contributed by atoms with Gasteiger partial charge in [0.2, 0.25) is 0 Å². The predicted octanol–water partition coefficient (Wildman–Crippen LogP) is 0.0204. The maximum absolute atomic E-state index is 4.98. The number of epoxide rings is 1. The number of rotatable bonds is 2. The summed E-state index contributed by atoms with van der Waals surface area (Å²) in [5.74, 6) is 0. The zero-order valence-electron chi connectivity index (χ0n) is 4.11. The Morgan fingerprint density at radius 3 is 2.83 bits per heavy atom. The third-order valence-electron chi connectivity index (χ3n) is 1.01. The quantitative estimate of drug-likeness (QED) is 0.354. The van der Waals surface area contributed by atoms with Gasteiger partial charge in [-0.15, -0.1) is 0 Å². The van der Waals surface area contributed by atoms with Gasteiger partial charge >= 0.3 is 0 Å². The van der Waals surface area contributed by atoms with Gasteiger partial charge in [0.15, 0.2) is 0 Å². The van der Waals surface area contributed by atoms with Crippen molar-refractivity contribution < 1.29 is 4.74 Å². The van der Waals surface area contributed by atoms with E-state index in [1.54, 1.807) is 0 Å². The molecular weight excluding hydrogens is 92.1 g/mol. The number of hydrogen-bond donors (Lipinski definition) is 0. The Morgan fingerprint density at radius 2 is 2.67 bits per heavy atom. The maximum atomic E-state index is 4.98. The fraction of sp³-hybridized carbons (Fsp3) is 1.00. The molecule has 1 saturated heterocycles. The Kier molecular flexibility index (Phi) is 1.27. The number of ether oxygens (including phenoxy) is 1. The lowest BCUT2D eigenvalue weighted by atomic mass is 10.6. The fourth-order valence-corrected chi connectivity index (χ4v) is 1.53. The highest BCUT2D eigenvalue weighted by Gasteiger charge is 2.19. The Balaban J connectivity index is 1.88. The summed E-state index contributed by atoms with van der Waals surface area (Å²) in [5.41, 5.74) is 0. The zero-order chi connectivity index (χ0) is 4.41. The topological polar surface area (TPSA) is 12.5 Å². The molecule has 0 aromatic heterocycles. The Bertz CT molecular complexity index is 42.8. The molecule has 0 spiro atoms. The highest BCUT2D eigenvalue weighted by Crippen LogP contribution is 2.12. The molecule has 1 aliphatic rings. The average molecular weight is 102 g/mol. The van der Waals surface area contributed by atoms with Crippen LogP contribution < -0.4 is 0 Å². The van der Waals surface area contributed by atoms with Crippen LogP contribution in [-0.4, -0.2) is 22.2 Å². The van der Waals surface area contributed by atoms with Gasteiger partial charge in [0, 0.05) is 9.52 Å². The minimum atomic E-state index is 0.304. The zero-order valence-corrected chi connectivity index (χ0v) is 5.52. The van der Waals surface area contributed by atoms with Crippen molar-refractivity contribution in [3.8, 4) is 0 Å². The van der Waals surface area contributed by atoms with Crippen molar-refractivity contribution in [1.29, 1.82) is 0 Å². The lowest BCUT2D eigenvalue weighted by Crippen LogP contribution is -1.86. The van der Waals surface area contributed by atoms with Gasteiger partial charge in [0.1, 0.15) is 0 Å². The van der Waals surface area contributed by atoms with Crippen LogP contribution in [0.25, 0.3) is 0 Å². The van der Waals surface area contributed by atoms with Gasteiger partial charge in [0.25, 0.3) is 0 Å². The van der Waals surface area contributed by atoms with Gasteiger partial charge in [0.05, 0.1) is 12.7 Å². The molecule has 0 aromatic rings. The van der Waals surface area contributed by atoms with Crippen LogP contribution in [0.4, 0.5) is 0 Å². The van der Waals surface area contributed by atoms with E-state index >= 15 is 0 Å². The van der Waals surface area contributed by atoms with Crippen LogP contribution in [0.3, 0.4) is 0 Å². The molecule has 0 radical (unpaired) electrons. The van der Waals surface area contributed by atoms with Crippen LogP contribution in [0.1, 0.15) is 0 Å². The highest BCUT2D eigenvalue weighted by atomic mass is 28.2. The Morgan fingerprint density at radius 1 is 2.00 bits per heavy atom. The van der Waals surface area contributed by atoms with Crippen LogP contribution in [0.2, 0.25) is 12.6 Å². The Hall–Kier alpha value is 0.177. The van der Waals surface area contributed by atoms with Crippen molar-refractivity contribution in [2.45, 2.75) is 18.7 Å². The van der Waals surface area contributed by atoms with E-state index in [0.717, 1.165) is 6.61 Å². The van der Waals surface area contributed by atoms with E-state index in [4.69, 9.17) is 4.74 Å². The molecule has 1 atom stereocenters. The second kappa shape index (κ2) is 1.75. The highest BCUT2D eigenvalue weighted by molar-refractivity contribution is 6.33. The lowest BCUT2D eigenvalue weighted by Gasteiger charge is -1.78. The van der Waals surface area contributed by atoms with Crippen molar-refractivity contribution in [2.24, 2.45) is 0 Å². The van der Waals surface area contributed by atoms with Gasteiger partial charge in [-0.3, -0.25) is 0 Å². The first kappa shape index (κ1) is 4.34. The van der Waals surface area contributed by atoms with Crippen molar-refractivity contribution in [2.75, 3.05) is 6.61 Å². The van der Waals surface area contributed by atoms with Crippen molar-refractivity contribution in [1.82, 2.24) is 0 Å². The van der Waals surface area contributed by atoms with Gasteiger partial charge in [-0.2, -0.15) is 0 Å². The standard InChI is InChI=1S/C4H10OSi/c1-6-3-4-2-5-4/h4H,2-3,6H2,1H3. The summed E-state index contributed by atoms with van der Waals surface area (Å²) in [6, 6.07) is 1.40. The molecule has 0 saturated carbocycles. The second-order valence-electron chi connectivity index (χ2n) is 1.74. The van der Waals surface area contributed by atoms with E-state index in [1.807, 2.05) is 0 Å². The summed E-state index contributed by atoms with van der Waals surface area (Å²) in [5, 5.41) is 0. The van der Waals surface area contributed by atoms with Crippen LogP contribution in [0, 0.1) is 0 Å². The van der Waals surface area contributed by atoms with Gasteiger partial charge < -0.3 is 4.74 Å². The average Bonchev–Trinajstić information content (AvgIpc) is 2.21. The van der Waals surface area contributed by atoms with E-state index in [-0.39, 0.29) is 0 Å². The van der Waals surface area contributed by atoms with Crippen LogP contribution in [-0.2, 0) is 4.74 Å². The monoisotopic (exact) mass is 102 g/mol. The van der Waals surface area contributed by atoms with Crippen molar-refractivity contribution >= 4 is 9.52 Å². The van der Waals surface area contributed by atoms with E-state index in [0.29, 0.717) is 15.6 Å². The molecule has 0 N–H and O–H groups in total. The molecule has 1 heterocycles. The molecule has 1 unspecified atom stereocenters. The third kappa shape index (κ3) is 1.10. The summed E-state index contributed by atoms with van der Waals surface area (Å²) in [7, 11) is 0.304. The molecule has 0 amide bonds. The van der Waals surface area contributed by atoms with E-state index in [2.05, 4.69) is 6.55 Å². The normalized spacial score (nSPS) is 32.5. The van der Waals surface area contributed by atoms with Crippen LogP contribution in [0.5, 0.6) is 0 Å². The molecule has 0 aliphatic carbocycles. The summed E-state index contributed by atoms with van der Waals surface area (Å²) in [4.78, 5) is 0. The van der Waals surface area contributed by atoms with Crippen molar-refractivity contribution in [3.05, 3.63) is 0 Å². The third-order valence-corrected chi connectivity index (χ3v) is 2.23. The number of hydrogen-bond acceptors (Lipinski definition) is 1. The molecule has 1 aliphatic heterocycles. The van der Waals surface area contributed by atoms with Gasteiger partial charge in [-0.25, -0.2) is 0 Å². The van der Waals surface area contributed by atoms with Gasteiger partial charge in [-0.05, 0) is 6.04 Å². The first-order valence-corrected chi connectivity index (χ1v) is 4.96. The summed E-state index contributed by atoms with van der Waals surface area (Å²) < 4.78 is 4.98. The van der Waals surface area contributed by atoms with E-state index in [9.17, 15) is 0 Å². The molecule has 1 rings (SSSR count). The minimum absolute atomic E-state index is 0.304. The smallest absolute Gasteiger partial charge is 0.0781 e. The molecule has 0 bridgehead atoms. The molecule has 0 aromatic carbocycles. The summed E-state index contributed by atoms with van der Waals surface area (Å²) in [6.45, 7) is 3.38. The summed E-state index contributed by atoms with van der Waals surface area (Å²) in [6.07, 6.45) is 0.710. The molecule has 6 heavy (non-hydrogen) atoms. The van der Waals surface area contributed by atoms with E-state index < -0.39 is 0 Å². The minimum Gasteiger partial charge on any atom is -0.373 e. The predicted molar refractivity (Wildman–Crippen MR) is 29.0 cm³/mol. The van der Waals surface area contributed by atoms with Gasteiger partial charge in [-0.1, -0.05) is 6.55 Å². The Labute approximate surface area is 40.5 Å². The largest absolute Gasteiger partial charge is 0.373 e. The molecular formula is C4H10OSi. The van der Waals surface area contributed by atoms with Crippen LogP contribution >= 0.6 is 0 Å².